The summed E-state index contributed by atoms with van der Waals surface area (Å²) in [6, 6.07) is 1.26. The van der Waals surface area contributed by atoms with Crippen LogP contribution in [0.25, 0.3) is 0 Å². The zero-order chi connectivity index (χ0) is 13.9. The minimum atomic E-state index is -0.494. The third kappa shape index (κ3) is 3.32. The highest BCUT2D eigenvalue weighted by molar-refractivity contribution is 5.76. The molecule has 1 heterocycles. The van der Waals surface area contributed by atoms with E-state index >= 15 is 0 Å². The molecular weight excluding hydrogens is 234 g/mol. The molecule has 0 aliphatic carbocycles. The Balaban J connectivity index is 2.93. The molecule has 0 fully saturated rings. The SMILES string of the molecule is CCC(C)(C)NC(=O)Cn1c(=O)ccn(C)c1=O. The maximum absolute atomic E-state index is 11.8. The van der Waals surface area contributed by atoms with E-state index in [1.165, 1.54) is 23.9 Å². The van der Waals surface area contributed by atoms with Crippen molar-refractivity contribution in [1.82, 2.24) is 14.5 Å². The van der Waals surface area contributed by atoms with Crippen LogP contribution in [-0.2, 0) is 18.4 Å². The van der Waals surface area contributed by atoms with Gasteiger partial charge in [-0.3, -0.25) is 14.2 Å². The summed E-state index contributed by atoms with van der Waals surface area (Å²) in [5, 5.41) is 2.78. The van der Waals surface area contributed by atoms with Crippen molar-refractivity contribution in [2.24, 2.45) is 7.05 Å². The largest absolute Gasteiger partial charge is 0.350 e. The normalized spacial score (nSPS) is 11.3. The second kappa shape index (κ2) is 5.20. The Morgan fingerprint density at radius 1 is 1.39 bits per heavy atom. The first-order valence-electron chi connectivity index (χ1n) is 5.84. The number of carbonyl (C=O) groups is 1. The second-order valence-corrected chi connectivity index (χ2v) is 4.92. The van der Waals surface area contributed by atoms with E-state index in [0.717, 1.165) is 11.0 Å². The van der Waals surface area contributed by atoms with Crippen molar-refractivity contribution in [3.63, 3.8) is 0 Å². The summed E-state index contributed by atoms with van der Waals surface area (Å²) < 4.78 is 2.18. The molecule has 0 bridgehead atoms. The predicted octanol–water partition coefficient (Wildman–Crippen LogP) is -0.148. The molecule has 0 aliphatic rings. The third-order valence-corrected chi connectivity index (χ3v) is 2.90. The van der Waals surface area contributed by atoms with E-state index in [1.807, 2.05) is 20.8 Å². The first-order valence-corrected chi connectivity index (χ1v) is 5.84. The molecule has 1 rings (SSSR count). The summed E-state index contributed by atoms with van der Waals surface area (Å²) in [7, 11) is 1.53. The average molecular weight is 253 g/mol. The molecule has 0 saturated heterocycles. The summed E-state index contributed by atoms with van der Waals surface area (Å²) in [6.45, 7) is 5.47. The Morgan fingerprint density at radius 2 is 2.00 bits per heavy atom. The molecule has 1 aromatic heterocycles. The highest BCUT2D eigenvalue weighted by Crippen LogP contribution is 2.06. The van der Waals surface area contributed by atoms with Gasteiger partial charge >= 0.3 is 5.69 Å². The zero-order valence-corrected chi connectivity index (χ0v) is 11.2. The summed E-state index contributed by atoms with van der Waals surface area (Å²) in [5.41, 5.74) is -1.31. The molecule has 0 aromatic carbocycles. The summed E-state index contributed by atoms with van der Waals surface area (Å²) >= 11 is 0. The van der Waals surface area contributed by atoms with Gasteiger partial charge in [0, 0.05) is 24.8 Å². The molecule has 1 amide bonds. The third-order valence-electron chi connectivity index (χ3n) is 2.90. The molecule has 1 aromatic rings. The lowest BCUT2D eigenvalue weighted by atomic mass is 10.0. The van der Waals surface area contributed by atoms with E-state index in [-0.39, 0.29) is 18.0 Å². The molecule has 0 spiro atoms. The van der Waals surface area contributed by atoms with Gasteiger partial charge in [0.2, 0.25) is 5.91 Å². The van der Waals surface area contributed by atoms with E-state index < -0.39 is 11.2 Å². The molecule has 100 valence electrons. The molecule has 6 heteroatoms. The molecule has 0 atom stereocenters. The van der Waals surface area contributed by atoms with Crippen molar-refractivity contribution in [2.75, 3.05) is 0 Å². The lowest BCUT2D eigenvalue weighted by molar-refractivity contribution is -0.123. The fourth-order valence-corrected chi connectivity index (χ4v) is 1.41. The number of amides is 1. The van der Waals surface area contributed by atoms with Crippen molar-refractivity contribution < 1.29 is 4.79 Å². The van der Waals surface area contributed by atoms with Gasteiger partial charge in [-0.1, -0.05) is 6.92 Å². The van der Waals surface area contributed by atoms with Crippen molar-refractivity contribution in [3.8, 4) is 0 Å². The molecule has 0 saturated carbocycles. The molecule has 0 aliphatic heterocycles. The van der Waals surface area contributed by atoms with Gasteiger partial charge in [0.25, 0.3) is 5.56 Å². The number of hydrogen-bond acceptors (Lipinski definition) is 3. The molecule has 0 radical (unpaired) electrons. The van der Waals surface area contributed by atoms with Gasteiger partial charge in [-0.25, -0.2) is 4.79 Å². The summed E-state index contributed by atoms with van der Waals surface area (Å²) in [4.78, 5) is 35.0. The fraction of sp³-hybridized carbons (Fsp3) is 0.583. The van der Waals surface area contributed by atoms with Crippen molar-refractivity contribution in [2.45, 2.75) is 39.3 Å². The minimum absolute atomic E-state index is 0.254. The van der Waals surface area contributed by atoms with Crippen LogP contribution in [0.15, 0.2) is 21.9 Å². The van der Waals surface area contributed by atoms with Crippen LogP contribution in [0.4, 0.5) is 0 Å². The maximum atomic E-state index is 11.8. The monoisotopic (exact) mass is 253 g/mol. The van der Waals surface area contributed by atoms with Crippen LogP contribution in [0.3, 0.4) is 0 Å². The number of rotatable bonds is 4. The summed E-state index contributed by atoms with van der Waals surface area (Å²) in [6.07, 6.45) is 2.15. The predicted molar refractivity (Wildman–Crippen MR) is 68.5 cm³/mol. The number of hydrogen-bond donors (Lipinski definition) is 1. The number of aromatic nitrogens is 2. The van der Waals surface area contributed by atoms with Crippen LogP contribution in [-0.4, -0.2) is 20.6 Å². The lowest BCUT2D eigenvalue weighted by Gasteiger charge is -2.24. The van der Waals surface area contributed by atoms with Gasteiger partial charge in [0.15, 0.2) is 0 Å². The molecule has 0 unspecified atom stereocenters. The number of nitrogens with one attached hydrogen (secondary N) is 1. The smallest absolute Gasteiger partial charge is 0.331 e. The Bertz CT molecular complexity index is 554. The van der Waals surface area contributed by atoms with Crippen LogP contribution in [0.5, 0.6) is 0 Å². The number of aryl methyl sites for hydroxylation is 1. The molecular formula is C12H19N3O3. The molecule has 1 N–H and O–H groups in total. The van der Waals surface area contributed by atoms with E-state index in [0.29, 0.717) is 0 Å². The van der Waals surface area contributed by atoms with Gasteiger partial charge in [0.1, 0.15) is 6.54 Å². The van der Waals surface area contributed by atoms with Crippen LogP contribution < -0.4 is 16.6 Å². The number of carbonyl (C=O) groups excluding carboxylic acids is 1. The van der Waals surface area contributed by atoms with Gasteiger partial charge < -0.3 is 9.88 Å². The summed E-state index contributed by atoms with van der Waals surface area (Å²) in [5.74, 6) is -0.341. The van der Waals surface area contributed by atoms with Crippen LogP contribution >= 0.6 is 0 Å². The van der Waals surface area contributed by atoms with Crippen LogP contribution in [0.1, 0.15) is 27.2 Å². The second-order valence-electron chi connectivity index (χ2n) is 4.92. The van der Waals surface area contributed by atoms with E-state index in [4.69, 9.17) is 0 Å². The van der Waals surface area contributed by atoms with Gasteiger partial charge in [-0.05, 0) is 20.3 Å². The fourth-order valence-electron chi connectivity index (χ4n) is 1.41. The minimum Gasteiger partial charge on any atom is -0.350 e. The molecule has 6 nitrogen and oxygen atoms in total. The first kappa shape index (κ1) is 14.2. The zero-order valence-electron chi connectivity index (χ0n) is 11.2. The maximum Gasteiger partial charge on any atom is 0.331 e. The van der Waals surface area contributed by atoms with E-state index in [9.17, 15) is 14.4 Å². The average Bonchev–Trinajstić information content (AvgIpc) is 2.29. The lowest BCUT2D eigenvalue weighted by Crippen LogP contribution is -2.48. The van der Waals surface area contributed by atoms with Crippen molar-refractivity contribution >= 4 is 5.91 Å². The van der Waals surface area contributed by atoms with Crippen LogP contribution in [0, 0.1) is 0 Å². The van der Waals surface area contributed by atoms with E-state index in [1.54, 1.807) is 0 Å². The standard InChI is InChI=1S/C12H19N3O3/c1-5-12(2,3)13-9(16)8-15-10(17)6-7-14(4)11(15)18/h6-7H,5,8H2,1-4H3,(H,13,16). The Kier molecular flexibility index (Phi) is 4.11. The Hall–Kier alpha value is -1.85. The highest BCUT2D eigenvalue weighted by Gasteiger charge is 2.18. The Labute approximate surface area is 105 Å². The van der Waals surface area contributed by atoms with Gasteiger partial charge in [0.05, 0.1) is 0 Å². The molecule has 18 heavy (non-hydrogen) atoms. The van der Waals surface area contributed by atoms with Crippen LogP contribution in [0.2, 0.25) is 0 Å². The van der Waals surface area contributed by atoms with E-state index in [2.05, 4.69) is 5.32 Å². The van der Waals surface area contributed by atoms with Gasteiger partial charge in [-0.2, -0.15) is 0 Å². The quantitative estimate of drug-likeness (QED) is 0.811. The van der Waals surface area contributed by atoms with Gasteiger partial charge in [-0.15, -0.1) is 0 Å². The first-order chi connectivity index (χ1) is 8.26. The topological polar surface area (TPSA) is 73.1 Å². The Morgan fingerprint density at radius 3 is 2.56 bits per heavy atom. The number of nitrogens with zero attached hydrogens (tertiary/aromatic N) is 2. The van der Waals surface area contributed by atoms with Crippen molar-refractivity contribution in [1.29, 1.82) is 0 Å². The highest BCUT2D eigenvalue weighted by atomic mass is 16.2. The van der Waals surface area contributed by atoms with Crippen molar-refractivity contribution in [3.05, 3.63) is 33.1 Å².